The van der Waals surface area contributed by atoms with Crippen LogP contribution in [-0.4, -0.2) is 43.5 Å². The van der Waals surface area contributed by atoms with E-state index in [-0.39, 0.29) is 30.6 Å². The highest BCUT2D eigenvalue weighted by Gasteiger charge is 2.29. The maximum atomic E-state index is 13.5. The molecule has 1 N–H and O–H groups in total. The second-order valence-electron chi connectivity index (χ2n) is 8.44. The molecule has 3 rings (SSSR count). The van der Waals surface area contributed by atoms with Gasteiger partial charge in [-0.1, -0.05) is 55.5 Å². The number of methoxy groups -OCH3 is 2. The van der Waals surface area contributed by atoms with Crippen LogP contribution >= 0.6 is 0 Å². The minimum absolute atomic E-state index is 0.143. The number of hydrogen-bond donors (Lipinski definition) is 1. The van der Waals surface area contributed by atoms with E-state index in [9.17, 15) is 14.0 Å². The first kappa shape index (κ1) is 26.7. The molecule has 3 aromatic rings. The van der Waals surface area contributed by atoms with Crippen LogP contribution in [0.5, 0.6) is 11.5 Å². The molecule has 1 atom stereocenters. The normalized spacial score (nSPS) is 11.4. The van der Waals surface area contributed by atoms with Gasteiger partial charge in [0.15, 0.2) is 11.5 Å². The topological polar surface area (TPSA) is 67.9 Å². The molecule has 0 heterocycles. The first-order valence-corrected chi connectivity index (χ1v) is 12.0. The van der Waals surface area contributed by atoms with Crippen molar-refractivity contribution >= 4 is 11.8 Å². The number of benzene rings is 3. The summed E-state index contributed by atoms with van der Waals surface area (Å²) in [5.41, 5.74) is 2.69. The predicted octanol–water partition coefficient (Wildman–Crippen LogP) is 4.55. The molecule has 0 spiro atoms. The Hall–Kier alpha value is -3.87. The number of ether oxygens (including phenoxy) is 2. The lowest BCUT2D eigenvalue weighted by Crippen LogP contribution is -2.50. The van der Waals surface area contributed by atoms with Gasteiger partial charge in [0.1, 0.15) is 11.9 Å². The molecule has 3 aromatic carbocycles. The zero-order chi connectivity index (χ0) is 25.9. The van der Waals surface area contributed by atoms with Crippen molar-refractivity contribution in [2.75, 3.05) is 20.8 Å². The van der Waals surface area contributed by atoms with Gasteiger partial charge in [0.05, 0.1) is 14.2 Å². The van der Waals surface area contributed by atoms with E-state index >= 15 is 0 Å². The second kappa shape index (κ2) is 13.3. The molecule has 7 heteroatoms. The molecule has 0 aliphatic rings. The van der Waals surface area contributed by atoms with Crippen LogP contribution in [0.4, 0.5) is 4.39 Å². The molecular formula is C29H33FN2O4. The van der Waals surface area contributed by atoms with E-state index in [1.165, 1.54) is 12.1 Å². The Labute approximate surface area is 212 Å². The fourth-order valence-corrected chi connectivity index (χ4v) is 4.03. The third-order valence-electron chi connectivity index (χ3n) is 6.00. The van der Waals surface area contributed by atoms with Gasteiger partial charge in [0.2, 0.25) is 11.8 Å². The quantitative estimate of drug-likeness (QED) is 0.403. The van der Waals surface area contributed by atoms with Crippen molar-refractivity contribution < 1.29 is 23.5 Å². The SMILES string of the molecule is CCC(=O)N(Cc1ccc(F)cc1)[C@@H](Cc1ccccc1)C(=O)NCCc1ccc(OC)c(OC)c1. The zero-order valence-corrected chi connectivity index (χ0v) is 21.0. The smallest absolute Gasteiger partial charge is 0.243 e. The fraction of sp³-hybridized carbons (Fsp3) is 0.310. The molecule has 0 bridgehead atoms. The second-order valence-corrected chi connectivity index (χ2v) is 8.44. The van der Waals surface area contributed by atoms with Gasteiger partial charge in [-0.3, -0.25) is 9.59 Å². The van der Waals surface area contributed by atoms with Crippen LogP contribution in [0.2, 0.25) is 0 Å². The summed E-state index contributed by atoms with van der Waals surface area (Å²) in [7, 11) is 3.16. The molecule has 0 radical (unpaired) electrons. The van der Waals surface area contributed by atoms with Gasteiger partial charge < -0.3 is 19.7 Å². The molecule has 6 nitrogen and oxygen atoms in total. The van der Waals surface area contributed by atoms with E-state index in [0.29, 0.717) is 30.9 Å². The Bertz CT molecular complexity index is 1140. The number of halogens is 1. The number of amides is 2. The Balaban J connectivity index is 1.78. The van der Waals surface area contributed by atoms with Gasteiger partial charge in [-0.25, -0.2) is 4.39 Å². The summed E-state index contributed by atoms with van der Waals surface area (Å²) >= 11 is 0. The summed E-state index contributed by atoms with van der Waals surface area (Å²) < 4.78 is 24.1. The van der Waals surface area contributed by atoms with Crippen LogP contribution < -0.4 is 14.8 Å². The van der Waals surface area contributed by atoms with E-state index < -0.39 is 6.04 Å². The standard InChI is InChI=1S/C29H33FN2O4/c1-4-28(33)32(20-23-10-13-24(30)14-11-23)25(18-21-8-6-5-7-9-21)29(34)31-17-16-22-12-15-26(35-2)27(19-22)36-3/h5-15,19,25H,4,16-18,20H2,1-3H3,(H,31,34)/t25-/m0/s1. The number of carbonyl (C=O) groups is 2. The average molecular weight is 493 g/mol. The van der Waals surface area contributed by atoms with Gasteiger partial charge >= 0.3 is 0 Å². The molecule has 0 aromatic heterocycles. The molecule has 0 aliphatic heterocycles. The lowest BCUT2D eigenvalue weighted by atomic mass is 10.0. The molecular weight excluding hydrogens is 459 g/mol. The van der Waals surface area contributed by atoms with E-state index in [2.05, 4.69) is 5.32 Å². The molecule has 36 heavy (non-hydrogen) atoms. The summed E-state index contributed by atoms with van der Waals surface area (Å²) in [6.07, 6.45) is 1.21. The van der Waals surface area contributed by atoms with Gasteiger partial charge in [-0.05, 0) is 47.4 Å². The first-order chi connectivity index (χ1) is 17.4. The maximum absolute atomic E-state index is 13.5. The van der Waals surface area contributed by atoms with E-state index in [1.54, 1.807) is 38.2 Å². The minimum Gasteiger partial charge on any atom is -0.493 e. The van der Waals surface area contributed by atoms with Crippen LogP contribution in [-0.2, 0) is 29.0 Å². The number of nitrogens with one attached hydrogen (secondary N) is 1. The van der Waals surface area contributed by atoms with E-state index in [1.807, 2.05) is 48.5 Å². The third-order valence-corrected chi connectivity index (χ3v) is 6.00. The van der Waals surface area contributed by atoms with Crippen LogP contribution in [0.1, 0.15) is 30.0 Å². The lowest BCUT2D eigenvalue weighted by molar-refractivity contribution is -0.141. The van der Waals surface area contributed by atoms with Gasteiger partial charge in [0.25, 0.3) is 0 Å². The fourth-order valence-electron chi connectivity index (χ4n) is 4.03. The van der Waals surface area contributed by atoms with Gasteiger partial charge in [-0.15, -0.1) is 0 Å². The van der Waals surface area contributed by atoms with Crippen LogP contribution in [0.3, 0.4) is 0 Å². The highest BCUT2D eigenvalue weighted by Crippen LogP contribution is 2.27. The van der Waals surface area contributed by atoms with Crippen LogP contribution in [0, 0.1) is 5.82 Å². The molecule has 190 valence electrons. The highest BCUT2D eigenvalue weighted by atomic mass is 19.1. The van der Waals surface area contributed by atoms with Crippen molar-refractivity contribution in [1.29, 1.82) is 0 Å². The molecule has 0 unspecified atom stereocenters. The lowest BCUT2D eigenvalue weighted by Gasteiger charge is -2.31. The highest BCUT2D eigenvalue weighted by molar-refractivity contribution is 5.88. The Morgan fingerprint density at radius 1 is 0.889 bits per heavy atom. The van der Waals surface area contributed by atoms with Crippen molar-refractivity contribution in [2.24, 2.45) is 0 Å². The summed E-state index contributed by atoms with van der Waals surface area (Å²) in [5, 5.41) is 3.01. The molecule has 0 fully saturated rings. The Morgan fingerprint density at radius 3 is 2.19 bits per heavy atom. The van der Waals surface area contributed by atoms with E-state index in [4.69, 9.17) is 9.47 Å². The monoisotopic (exact) mass is 492 g/mol. The van der Waals surface area contributed by atoms with Crippen LogP contribution in [0.15, 0.2) is 72.8 Å². The summed E-state index contributed by atoms with van der Waals surface area (Å²) in [6.45, 7) is 2.38. The molecule has 0 saturated carbocycles. The number of rotatable bonds is 12. The molecule has 2 amide bonds. The zero-order valence-electron chi connectivity index (χ0n) is 21.0. The van der Waals surface area contributed by atoms with Gasteiger partial charge in [0, 0.05) is 25.9 Å². The maximum Gasteiger partial charge on any atom is 0.243 e. The van der Waals surface area contributed by atoms with E-state index in [0.717, 1.165) is 16.7 Å². The van der Waals surface area contributed by atoms with Crippen LogP contribution in [0.25, 0.3) is 0 Å². The first-order valence-electron chi connectivity index (χ1n) is 12.0. The Kier molecular flexibility index (Phi) is 9.86. The third kappa shape index (κ3) is 7.31. The van der Waals surface area contributed by atoms with Gasteiger partial charge in [-0.2, -0.15) is 0 Å². The summed E-state index contributed by atoms with van der Waals surface area (Å²) in [6, 6.07) is 20.5. The van der Waals surface area contributed by atoms with Crippen molar-refractivity contribution in [1.82, 2.24) is 10.2 Å². The van der Waals surface area contributed by atoms with Crippen molar-refractivity contribution in [3.05, 3.63) is 95.3 Å². The van der Waals surface area contributed by atoms with Crippen molar-refractivity contribution in [3.63, 3.8) is 0 Å². The van der Waals surface area contributed by atoms with Crippen molar-refractivity contribution in [3.8, 4) is 11.5 Å². The number of hydrogen-bond acceptors (Lipinski definition) is 4. The minimum atomic E-state index is -0.713. The molecule has 0 saturated heterocycles. The molecule has 0 aliphatic carbocycles. The summed E-state index contributed by atoms with van der Waals surface area (Å²) in [5.74, 6) is 0.546. The number of nitrogens with zero attached hydrogens (tertiary/aromatic N) is 1. The Morgan fingerprint density at radius 2 is 1.56 bits per heavy atom. The average Bonchev–Trinajstić information content (AvgIpc) is 2.91. The predicted molar refractivity (Wildman–Crippen MR) is 137 cm³/mol. The number of carbonyl (C=O) groups excluding carboxylic acids is 2. The largest absolute Gasteiger partial charge is 0.493 e. The van der Waals surface area contributed by atoms with Crippen molar-refractivity contribution in [2.45, 2.75) is 38.8 Å². The summed E-state index contributed by atoms with van der Waals surface area (Å²) in [4.78, 5) is 28.0.